The summed E-state index contributed by atoms with van der Waals surface area (Å²) >= 11 is 12.6. The minimum Gasteiger partial charge on any atom is -0.495 e. The predicted molar refractivity (Wildman–Crippen MR) is 116 cm³/mol. The van der Waals surface area contributed by atoms with Gasteiger partial charge in [0.1, 0.15) is 5.75 Å². The van der Waals surface area contributed by atoms with Crippen LogP contribution in [-0.4, -0.2) is 20.8 Å². The lowest BCUT2D eigenvalue weighted by atomic mass is 10.1. The van der Waals surface area contributed by atoms with E-state index in [0.717, 1.165) is 4.57 Å². The number of aromatic nitrogens is 3. The van der Waals surface area contributed by atoms with Crippen LogP contribution in [0.4, 0.5) is 0 Å². The second-order valence-corrected chi connectivity index (χ2v) is 7.45. The first-order valence-electron chi connectivity index (χ1n) is 8.75. The van der Waals surface area contributed by atoms with E-state index in [9.17, 15) is 9.59 Å². The van der Waals surface area contributed by atoms with Gasteiger partial charge in [0.15, 0.2) is 0 Å². The highest BCUT2D eigenvalue weighted by molar-refractivity contribution is 6.36. The molecule has 0 unspecified atom stereocenters. The molecule has 8 heteroatoms. The number of para-hydroxylation sites is 2. The van der Waals surface area contributed by atoms with Crippen LogP contribution < -0.4 is 16.0 Å². The van der Waals surface area contributed by atoms with E-state index in [0.29, 0.717) is 43.6 Å². The van der Waals surface area contributed by atoms with Crippen molar-refractivity contribution in [2.24, 2.45) is 14.1 Å². The molecule has 0 spiro atoms. The zero-order valence-corrected chi connectivity index (χ0v) is 17.5. The molecule has 0 radical (unpaired) electrons. The van der Waals surface area contributed by atoms with Crippen LogP contribution >= 0.6 is 23.2 Å². The number of fused-ring (bicyclic) bond motifs is 1. The lowest BCUT2D eigenvalue weighted by molar-refractivity contribution is 0.413. The average molecular weight is 430 g/mol. The number of hydrogen-bond donors (Lipinski definition) is 0. The first-order valence-corrected chi connectivity index (χ1v) is 9.50. The summed E-state index contributed by atoms with van der Waals surface area (Å²) in [4.78, 5) is 25.6. The summed E-state index contributed by atoms with van der Waals surface area (Å²) in [6.07, 6.45) is 1.75. The quantitative estimate of drug-likeness (QED) is 0.494. The molecule has 2 aromatic heterocycles. The van der Waals surface area contributed by atoms with Crippen LogP contribution in [0.25, 0.3) is 27.8 Å². The third-order valence-electron chi connectivity index (χ3n) is 4.97. The molecule has 29 heavy (non-hydrogen) atoms. The van der Waals surface area contributed by atoms with E-state index >= 15 is 0 Å². The summed E-state index contributed by atoms with van der Waals surface area (Å²) in [6.45, 7) is 0. The summed E-state index contributed by atoms with van der Waals surface area (Å²) in [7, 11) is 4.66. The van der Waals surface area contributed by atoms with Gasteiger partial charge >= 0.3 is 5.69 Å². The predicted octanol–water partition coefficient (Wildman–Crippen LogP) is 4.01. The Kier molecular flexibility index (Phi) is 4.76. The SMILES string of the molecule is COc1ccccc1-n1cc2c(c1-c1ccc(Cl)cc1Cl)c(=O)n(C)c(=O)n2C. The summed E-state index contributed by atoms with van der Waals surface area (Å²) < 4.78 is 9.86. The highest BCUT2D eigenvalue weighted by Crippen LogP contribution is 2.38. The lowest BCUT2D eigenvalue weighted by Crippen LogP contribution is -2.36. The molecule has 0 fully saturated rings. The van der Waals surface area contributed by atoms with E-state index < -0.39 is 11.2 Å². The standard InChI is InChI=1S/C21H17Cl2N3O3/c1-24-16-11-26(15-6-4-5-7-17(15)29-3)19(13-9-8-12(22)10-14(13)23)18(16)20(27)25(2)21(24)28/h4-11H,1-3H3. The van der Waals surface area contributed by atoms with Crippen molar-refractivity contribution in [2.75, 3.05) is 7.11 Å². The smallest absolute Gasteiger partial charge is 0.330 e. The third kappa shape index (κ3) is 2.96. The van der Waals surface area contributed by atoms with Crippen LogP contribution in [0, 0.1) is 0 Å². The van der Waals surface area contributed by atoms with Crippen molar-refractivity contribution in [1.82, 2.24) is 13.7 Å². The molecule has 2 heterocycles. The second-order valence-electron chi connectivity index (χ2n) is 6.61. The molecule has 0 aliphatic heterocycles. The van der Waals surface area contributed by atoms with E-state index in [-0.39, 0.29) is 0 Å². The number of rotatable bonds is 3. The van der Waals surface area contributed by atoms with Gasteiger partial charge in [-0.15, -0.1) is 0 Å². The molecule has 4 rings (SSSR count). The Bertz CT molecular complexity index is 1380. The van der Waals surface area contributed by atoms with E-state index in [1.807, 2.05) is 28.8 Å². The third-order valence-corrected chi connectivity index (χ3v) is 5.52. The highest BCUT2D eigenvalue weighted by Gasteiger charge is 2.23. The van der Waals surface area contributed by atoms with Crippen LogP contribution in [0.5, 0.6) is 5.75 Å². The maximum Gasteiger partial charge on any atom is 0.330 e. The highest BCUT2D eigenvalue weighted by atomic mass is 35.5. The molecule has 4 aromatic rings. The van der Waals surface area contributed by atoms with Crippen LogP contribution in [0.1, 0.15) is 0 Å². The fourth-order valence-electron chi connectivity index (χ4n) is 3.51. The largest absolute Gasteiger partial charge is 0.495 e. The Hall–Kier alpha value is -2.96. The topological polar surface area (TPSA) is 58.2 Å². The van der Waals surface area contributed by atoms with Gasteiger partial charge in [-0.25, -0.2) is 4.79 Å². The molecule has 0 saturated carbocycles. The monoisotopic (exact) mass is 429 g/mol. The first kappa shape index (κ1) is 19.4. The molecular formula is C21H17Cl2N3O3. The molecule has 0 saturated heterocycles. The Labute approximate surface area is 176 Å². The Balaban J connectivity index is 2.25. The lowest BCUT2D eigenvalue weighted by Gasteiger charge is -2.14. The van der Waals surface area contributed by atoms with E-state index in [2.05, 4.69) is 0 Å². The van der Waals surface area contributed by atoms with Crippen LogP contribution in [0.15, 0.2) is 58.3 Å². The van der Waals surface area contributed by atoms with Gasteiger partial charge in [0.2, 0.25) is 0 Å². The normalized spacial score (nSPS) is 11.2. The summed E-state index contributed by atoms with van der Waals surface area (Å²) in [5.41, 5.74) is 1.56. The van der Waals surface area contributed by atoms with Crippen LogP contribution in [0.3, 0.4) is 0 Å². The second kappa shape index (κ2) is 7.13. The summed E-state index contributed by atoms with van der Waals surface area (Å²) in [6, 6.07) is 12.5. The molecule has 0 atom stereocenters. The van der Waals surface area contributed by atoms with Crippen molar-refractivity contribution in [1.29, 1.82) is 0 Å². The van der Waals surface area contributed by atoms with Crippen molar-refractivity contribution >= 4 is 34.1 Å². The van der Waals surface area contributed by atoms with Gasteiger partial charge in [0.05, 0.1) is 34.4 Å². The van der Waals surface area contributed by atoms with Crippen LogP contribution in [-0.2, 0) is 14.1 Å². The van der Waals surface area contributed by atoms with Gasteiger partial charge < -0.3 is 9.30 Å². The van der Waals surface area contributed by atoms with Gasteiger partial charge in [-0.3, -0.25) is 13.9 Å². The molecule has 0 amide bonds. The van der Waals surface area contributed by atoms with Crippen molar-refractivity contribution in [3.63, 3.8) is 0 Å². The van der Waals surface area contributed by atoms with Gasteiger partial charge in [0, 0.05) is 30.9 Å². The van der Waals surface area contributed by atoms with Crippen molar-refractivity contribution < 1.29 is 4.74 Å². The van der Waals surface area contributed by atoms with Crippen LogP contribution in [0.2, 0.25) is 10.0 Å². The molecule has 6 nitrogen and oxygen atoms in total. The average Bonchev–Trinajstić information content (AvgIpc) is 3.11. The maximum absolute atomic E-state index is 13.1. The number of benzene rings is 2. The number of nitrogens with zero attached hydrogens (tertiary/aromatic N) is 3. The van der Waals surface area contributed by atoms with E-state index in [1.54, 1.807) is 38.6 Å². The van der Waals surface area contributed by atoms with Gasteiger partial charge in [0.25, 0.3) is 5.56 Å². The Morgan fingerprint density at radius 2 is 1.69 bits per heavy atom. The number of halogens is 2. The summed E-state index contributed by atoms with van der Waals surface area (Å²) in [5.74, 6) is 0.612. The number of aryl methyl sites for hydroxylation is 1. The number of methoxy groups -OCH3 is 1. The van der Waals surface area contributed by atoms with Gasteiger partial charge in [-0.2, -0.15) is 0 Å². The minimum atomic E-state index is -0.409. The number of hydrogen-bond acceptors (Lipinski definition) is 3. The zero-order chi connectivity index (χ0) is 20.9. The van der Waals surface area contributed by atoms with E-state index in [1.165, 1.54) is 11.6 Å². The Morgan fingerprint density at radius 1 is 0.966 bits per heavy atom. The molecule has 0 aliphatic rings. The zero-order valence-electron chi connectivity index (χ0n) is 15.9. The van der Waals surface area contributed by atoms with Crippen molar-refractivity contribution in [3.05, 3.63) is 79.5 Å². The van der Waals surface area contributed by atoms with Crippen molar-refractivity contribution in [2.45, 2.75) is 0 Å². The summed E-state index contributed by atoms with van der Waals surface area (Å²) in [5, 5.41) is 1.26. The molecular weight excluding hydrogens is 413 g/mol. The molecule has 148 valence electrons. The molecule has 0 bridgehead atoms. The van der Waals surface area contributed by atoms with Crippen molar-refractivity contribution in [3.8, 4) is 22.7 Å². The van der Waals surface area contributed by atoms with Gasteiger partial charge in [-0.05, 0) is 30.3 Å². The maximum atomic E-state index is 13.1. The fourth-order valence-corrected chi connectivity index (χ4v) is 4.00. The molecule has 2 aromatic carbocycles. The first-order chi connectivity index (χ1) is 13.8. The van der Waals surface area contributed by atoms with E-state index in [4.69, 9.17) is 27.9 Å². The molecule has 0 aliphatic carbocycles. The minimum absolute atomic E-state index is 0.379. The van der Waals surface area contributed by atoms with Gasteiger partial charge in [-0.1, -0.05) is 35.3 Å². The Morgan fingerprint density at radius 3 is 2.38 bits per heavy atom. The number of ether oxygens (including phenoxy) is 1. The fraction of sp³-hybridized carbons (Fsp3) is 0.143. The molecule has 0 N–H and O–H groups in total.